The second kappa shape index (κ2) is 6.47. The van der Waals surface area contributed by atoms with Gasteiger partial charge in [-0.05, 0) is 47.5 Å². The van der Waals surface area contributed by atoms with Gasteiger partial charge in [0, 0.05) is 34.5 Å². The predicted molar refractivity (Wildman–Crippen MR) is 127 cm³/mol. The molecule has 154 valence electrons. The lowest BCUT2D eigenvalue weighted by Gasteiger charge is -2.12. The Morgan fingerprint density at radius 3 is 2.62 bits per heavy atom. The number of aromatic hydroxyl groups is 1. The third kappa shape index (κ3) is 2.47. The number of aliphatic imine (C=N–C) groups is 1. The van der Waals surface area contributed by atoms with Gasteiger partial charge in [0.2, 0.25) is 5.90 Å². The minimum absolute atomic E-state index is 0.0787. The molecule has 0 fully saturated rings. The topological polar surface area (TPSA) is 46.8 Å². The van der Waals surface area contributed by atoms with E-state index >= 15 is 0 Å². The summed E-state index contributed by atoms with van der Waals surface area (Å²) in [5.41, 5.74) is 6.68. The molecule has 0 amide bonds. The summed E-state index contributed by atoms with van der Waals surface area (Å²) in [5.74, 6) is 0.965. The quantitative estimate of drug-likeness (QED) is 0.388. The molecular weight excluding hydrogens is 396 g/mol. The maximum Gasteiger partial charge on any atom is 0.217 e. The van der Waals surface area contributed by atoms with Gasteiger partial charge in [0.25, 0.3) is 0 Å². The highest BCUT2D eigenvalue weighted by molar-refractivity contribution is 6.09. The average molecular weight is 416 g/mol. The maximum atomic E-state index is 10.2. The van der Waals surface area contributed by atoms with Crippen LogP contribution in [-0.2, 0) is 11.2 Å². The molecule has 1 aliphatic carbocycles. The van der Waals surface area contributed by atoms with E-state index < -0.39 is 0 Å². The minimum Gasteiger partial charge on any atom is -0.508 e. The summed E-state index contributed by atoms with van der Waals surface area (Å²) in [6.45, 7) is 0. The number of rotatable bonds is 2. The molecule has 4 heteroatoms. The number of benzene rings is 4. The Morgan fingerprint density at radius 1 is 0.812 bits per heavy atom. The Morgan fingerprint density at radius 2 is 1.66 bits per heavy atom. The molecule has 0 bridgehead atoms. The summed E-state index contributed by atoms with van der Waals surface area (Å²) in [4.78, 5) is 4.97. The van der Waals surface area contributed by atoms with Crippen LogP contribution in [0.4, 0.5) is 0 Å². The zero-order valence-electron chi connectivity index (χ0n) is 17.3. The largest absolute Gasteiger partial charge is 0.508 e. The highest BCUT2D eigenvalue weighted by atomic mass is 16.5. The van der Waals surface area contributed by atoms with Crippen LogP contribution in [0, 0.1) is 0 Å². The van der Waals surface area contributed by atoms with Crippen LogP contribution in [0.15, 0.2) is 96.0 Å². The fourth-order valence-electron chi connectivity index (χ4n) is 5.25. The fraction of sp³-hybridized carbons (Fsp3) is 0.107. The van der Waals surface area contributed by atoms with Crippen LogP contribution in [0.2, 0.25) is 0 Å². The molecule has 0 radical (unpaired) electrons. The summed E-state index contributed by atoms with van der Waals surface area (Å²) < 4.78 is 8.52. The Labute approximate surface area is 185 Å². The lowest BCUT2D eigenvalue weighted by Crippen LogP contribution is -2.13. The highest BCUT2D eigenvalue weighted by Crippen LogP contribution is 2.41. The standard InChI is InChI=1S/C28H20N2O2/c31-20-12-13-23-22-10-3-4-11-24(22)30(25(23)16-20)19-8-5-7-18(14-19)28-29-27-21-9-2-1-6-17(21)15-26(27)32-28/h1-14,16,26-27,31H,15H2/t26-,27+/m0/s1. The molecule has 0 saturated carbocycles. The Kier molecular flexibility index (Phi) is 3.56. The fourth-order valence-corrected chi connectivity index (χ4v) is 5.25. The smallest absolute Gasteiger partial charge is 0.217 e. The van der Waals surface area contributed by atoms with Gasteiger partial charge in [-0.2, -0.15) is 0 Å². The van der Waals surface area contributed by atoms with Crippen LogP contribution < -0.4 is 0 Å². The van der Waals surface area contributed by atoms with Crippen LogP contribution in [0.5, 0.6) is 5.75 Å². The van der Waals surface area contributed by atoms with Gasteiger partial charge in [0.15, 0.2) is 0 Å². The molecule has 32 heavy (non-hydrogen) atoms. The van der Waals surface area contributed by atoms with Crippen LogP contribution >= 0.6 is 0 Å². The highest BCUT2D eigenvalue weighted by Gasteiger charge is 2.39. The molecule has 2 atom stereocenters. The first-order valence-electron chi connectivity index (χ1n) is 10.9. The zero-order valence-corrected chi connectivity index (χ0v) is 17.3. The number of hydrogen-bond donors (Lipinski definition) is 1. The van der Waals surface area contributed by atoms with Gasteiger partial charge in [-0.3, -0.25) is 0 Å². The minimum atomic E-state index is 0.0787. The summed E-state index contributed by atoms with van der Waals surface area (Å²) in [7, 11) is 0. The molecule has 0 saturated heterocycles. The predicted octanol–water partition coefficient (Wildman–Crippen LogP) is 5.93. The van der Waals surface area contributed by atoms with E-state index in [0.717, 1.165) is 39.5 Å². The van der Waals surface area contributed by atoms with E-state index in [0.29, 0.717) is 5.90 Å². The monoisotopic (exact) mass is 416 g/mol. The summed E-state index contributed by atoms with van der Waals surface area (Å²) in [6, 6.07) is 30.8. The molecule has 1 aromatic heterocycles. The van der Waals surface area contributed by atoms with Gasteiger partial charge in [-0.1, -0.05) is 48.5 Å². The first-order chi connectivity index (χ1) is 15.8. The number of phenols is 1. The Balaban J connectivity index is 1.37. The Hall–Kier alpha value is -4.05. The van der Waals surface area contributed by atoms with Crippen molar-refractivity contribution in [1.82, 2.24) is 4.57 Å². The van der Waals surface area contributed by atoms with Crippen LogP contribution in [0.25, 0.3) is 27.5 Å². The average Bonchev–Trinajstić information content (AvgIpc) is 3.48. The van der Waals surface area contributed by atoms with Gasteiger partial charge >= 0.3 is 0 Å². The van der Waals surface area contributed by atoms with E-state index in [9.17, 15) is 5.11 Å². The molecule has 7 rings (SSSR count). The van der Waals surface area contributed by atoms with Crippen molar-refractivity contribution in [2.24, 2.45) is 4.99 Å². The van der Waals surface area contributed by atoms with E-state index in [1.165, 1.54) is 11.1 Å². The molecule has 1 N–H and O–H groups in total. The molecule has 2 heterocycles. The number of phenolic OH excluding ortho intramolecular Hbond substituents is 1. The molecule has 0 spiro atoms. The lowest BCUT2D eigenvalue weighted by atomic mass is 10.1. The van der Waals surface area contributed by atoms with E-state index in [-0.39, 0.29) is 17.9 Å². The summed E-state index contributed by atoms with van der Waals surface area (Å²) in [6.07, 6.45) is 0.982. The van der Waals surface area contributed by atoms with Crippen LogP contribution in [0.1, 0.15) is 22.7 Å². The van der Waals surface area contributed by atoms with Crippen molar-refractivity contribution < 1.29 is 9.84 Å². The lowest BCUT2D eigenvalue weighted by molar-refractivity contribution is 0.206. The molecule has 2 aliphatic rings. The van der Waals surface area contributed by atoms with Crippen molar-refractivity contribution in [3.8, 4) is 11.4 Å². The van der Waals surface area contributed by atoms with Crippen molar-refractivity contribution in [3.63, 3.8) is 0 Å². The second-order valence-corrected chi connectivity index (χ2v) is 8.54. The number of nitrogens with zero attached hydrogens (tertiary/aromatic N) is 2. The van der Waals surface area contributed by atoms with Crippen LogP contribution in [0.3, 0.4) is 0 Å². The van der Waals surface area contributed by atoms with E-state index in [4.69, 9.17) is 9.73 Å². The summed E-state index contributed by atoms with van der Waals surface area (Å²) >= 11 is 0. The summed E-state index contributed by atoms with van der Waals surface area (Å²) in [5, 5.41) is 12.4. The number of aromatic nitrogens is 1. The van der Waals surface area contributed by atoms with Crippen molar-refractivity contribution in [2.45, 2.75) is 18.6 Å². The molecule has 0 unspecified atom stereocenters. The van der Waals surface area contributed by atoms with Crippen molar-refractivity contribution in [2.75, 3.05) is 0 Å². The number of fused-ring (bicyclic) bond motifs is 6. The Bertz CT molecular complexity index is 1560. The SMILES string of the molecule is Oc1ccc2c3ccccc3n(-c3cccc(C4=N[C@@H]5c6ccccc6C[C@@H]5O4)c3)c2c1. The maximum absolute atomic E-state index is 10.2. The van der Waals surface area contributed by atoms with E-state index in [1.54, 1.807) is 6.07 Å². The molecule has 4 aromatic carbocycles. The van der Waals surface area contributed by atoms with E-state index in [1.807, 2.05) is 30.3 Å². The molecular formula is C28H20N2O2. The van der Waals surface area contributed by atoms with Crippen molar-refractivity contribution >= 4 is 27.7 Å². The van der Waals surface area contributed by atoms with Gasteiger partial charge in [-0.15, -0.1) is 0 Å². The number of ether oxygens (including phenoxy) is 1. The van der Waals surface area contributed by atoms with Crippen molar-refractivity contribution in [1.29, 1.82) is 0 Å². The molecule has 5 aromatic rings. The first-order valence-corrected chi connectivity index (χ1v) is 10.9. The van der Waals surface area contributed by atoms with Gasteiger partial charge in [-0.25, -0.2) is 4.99 Å². The normalized spacial score (nSPS) is 19.1. The number of para-hydroxylation sites is 1. The zero-order chi connectivity index (χ0) is 21.2. The second-order valence-electron chi connectivity index (χ2n) is 8.54. The third-order valence-corrected chi connectivity index (χ3v) is 6.67. The third-order valence-electron chi connectivity index (χ3n) is 6.67. The van der Waals surface area contributed by atoms with Crippen molar-refractivity contribution in [3.05, 3.63) is 108 Å². The first kappa shape index (κ1) is 17.6. The molecule has 1 aliphatic heterocycles. The van der Waals surface area contributed by atoms with Gasteiger partial charge in [0.05, 0.1) is 11.0 Å². The van der Waals surface area contributed by atoms with Gasteiger partial charge < -0.3 is 14.4 Å². The number of hydrogen-bond acceptors (Lipinski definition) is 3. The van der Waals surface area contributed by atoms with Gasteiger partial charge in [0.1, 0.15) is 17.9 Å². The van der Waals surface area contributed by atoms with E-state index in [2.05, 4.69) is 59.2 Å². The van der Waals surface area contributed by atoms with Crippen LogP contribution in [-0.4, -0.2) is 21.7 Å². The molecule has 4 nitrogen and oxygen atoms in total.